The van der Waals surface area contributed by atoms with Crippen molar-refractivity contribution in [2.45, 2.75) is 0 Å². The maximum atomic E-state index is 10.8. The molecular weight excluding hydrogens is 178 g/mol. The fourth-order valence-corrected chi connectivity index (χ4v) is 1.30. The van der Waals surface area contributed by atoms with Crippen LogP contribution in [0.3, 0.4) is 0 Å². The third kappa shape index (κ3) is 0.887. The van der Waals surface area contributed by atoms with E-state index in [0.717, 1.165) is 0 Å². The molecule has 0 saturated heterocycles. The first-order valence-corrected chi connectivity index (χ1v) is 3.72. The Morgan fingerprint density at radius 3 is 2.83 bits per heavy atom. The van der Waals surface area contributed by atoms with Crippen LogP contribution in [0.4, 0.5) is 5.69 Å². The minimum absolute atomic E-state index is 0.280. The number of halogens is 1. The molecular formula is C7H6ClN3O. The number of rotatable bonds is 0. The highest BCUT2D eigenvalue weighted by Crippen LogP contribution is 2.25. The Bertz CT molecular complexity index is 485. The number of anilines is 1. The first-order chi connectivity index (χ1) is 5.68. The molecule has 0 saturated carbocycles. The van der Waals surface area contributed by atoms with Gasteiger partial charge in [0.2, 0.25) is 0 Å². The first-order valence-electron chi connectivity index (χ1n) is 3.34. The molecule has 0 aliphatic rings. The molecule has 4 N–H and O–H groups in total. The number of hydrogen-bond acceptors (Lipinski definition) is 2. The Morgan fingerprint density at radius 1 is 1.33 bits per heavy atom. The SMILES string of the molecule is Nc1ccc2[nH]c(=O)[nH]c2c1Cl. The van der Waals surface area contributed by atoms with Crippen LogP contribution in [0.5, 0.6) is 0 Å². The van der Waals surface area contributed by atoms with E-state index in [9.17, 15) is 4.79 Å². The smallest absolute Gasteiger partial charge is 0.323 e. The van der Waals surface area contributed by atoms with Gasteiger partial charge in [0.1, 0.15) is 0 Å². The second kappa shape index (κ2) is 2.28. The summed E-state index contributed by atoms with van der Waals surface area (Å²) >= 11 is 5.82. The number of benzene rings is 1. The average molecular weight is 184 g/mol. The summed E-state index contributed by atoms with van der Waals surface area (Å²) < 4.78 is 0. The zero-order valence-electron chi connectivity index (χ0n) is 6.02. The van der Waals surface area contributed by atoms with Crippen molar-refractivity contribution in [1.29, 1.82) is 0 Å². The molecule has 0 bridgehead atoms. The Kier molecular flexibility index (Phi) is 1.38. The molecule has 0 atom stereocenters. The van der Waals surface area contributed by atoms with Gasteiger partial charge in [-0.1, -0.05) is 11.6 Å². The molecule has 12 heavy (non-hydrogen) atoms. The first kappa shape index (κ1) is 7.24. The predicted octanol–water partition coefficient (Wildman–Crippen LogP) is 1.09. The average Bonchev–Trinajstić information content (AvgIpc) is 2.39. The number of fused-ring (bicyclic) bond motifs is 1. The molecule has 0 radical (unpaired) electrons. The lowest BCUT2D eigenvalue weighted by Crippen LogP contribution is -1.99. The molecule has 4 nitrogen and oxygen atoms in total. The second-order valence-electron chi connectivity index (χ2n) is 2.47. The molecule has 1 heterocycles. The van der Waals surface area contributed by atoms with Crippen LogP contribution in [0.2, 0.25) is 5.02 Å². The van der Waals surface area contributed by atoms with Crippen LogP contribution < -0.4 is 11.4 Å². The number of aromatic nitrogens is 2. The van der Waals surface area contributed by atoms with Gasteiger partial charge in [-0.25, -0.2) is 4.79 Å². The summed E-state index contributed by atoms with van der Waals surface area (Å²) in [7, 11) is 0. The molecule has 0 aliphatic carbocycles. The topological polar surface area (TPSA) is 74.7 Å². The lowest BCUT2D eigenvalue weighted by Gasteiger charge is -1.96. The molecule has 0 aliphatic heterocycles. The third-order valence-electron chi connectivity index (χ3n) is 1.66. The number of nitrogens with two attached hydrogens (primary N) is 1. The summed E-state index contributed by atoms with van der Waals surface area (Å²) in [5.74, 6) is 0. The van der Waals surface area contributed by atoms with Crippen molar-refractivity contribution < 1.29 is 0 Å². The van der Waals surface area contributed by atoms with Crippen LogP contribution in [0.25, 0.3) is 11.0 Å². The Hall–Kier alpha value is -1.42. The Balaban J connectivity index is 2.99. The summed E-state index contributed by atoms with van der Waals surface area (Å²) in [5, 5.41) is 0.380. The number of imidazole rings is 1. The molecule has 0 spiro atoms. The van der Waals surface area contributed by atoms with Crippen LogP contribution in [-0.4, -0.2) is 9.97 Å². The van der Waals surface area contributed by atoms with Gasteiger partial charge >= 0.3 is 5.69 Å². The van der Waals surface area contributed by atoms with Crippen molar-refractivity contribution in [1.82, 2.24) is 9.97 Å². The van der Waals surface area contributed by atoms with Crippen molar-refractivity contribution in [3.63, 3.8) is 0 Å². The van der Waals surface area contributed by atoms with Crippen LogP contribution in [0.1, 0.15) is 0 Å². The number of aromatic amines is 2. The van der Waals surface area contributed by atoms with Gasteiger partial charge in [0.05, 0.1) is 21.7 Å². The fraction of sp³-hybridized carbons (Fsp3) is 0. The van der Waals surface area contributed by atoms with Gasteiger partial charge in [-0.15, -0.1) is 0 Å². The molecule has 2 aromatic rings. The van der Waals surface area contributed by atoms with Gasteiger partial charge in [0.15, 0.2) is 0 Å². The van der Waals surface area contributed by atoms with E-state index in [1.54, 1.807) is 12.1 Å². The van der Waals surface area contributed by atoms with Gasteiger partial charge in [-0.05, 0) is 12.1 Å². The summed E-state index contributed by atoms with van der Waals surface area (Å²) in [6, 6.07) is 3.35. The number of H-pyrrole nitrogens is 2. The highest BCUT2D eigenvalue weighted by molar-refractivity contribution is 6.37. The van der Waals surface area contributed by atoms with Crippen molar-refractivity contribution >= 4 is 28.3 Å². The zero-order chi connectivity index (χ0) is 8.72. The van der Waals surface area contributed by atoms with E-state index >= 15 is 0 Å². The number of nitrogen functional groups attached to an aromatic ring is 1. The van der Waals surface area contributed by atoms with E-state index in [1.807, 2.05) is 0 Å². The number of hydrogen-bond donors (Lipinski definition) is 3. The molecule has 2 rings (SSSR count). The van der Waals surface area contributed by atoms with Crippen LogP contribution in [-0.2, 0) is 0 Å². The van der Waals surface area contributed by atoms with Gasteiger partial charge < -0.3 is 15.7 Å². The van der Waals surface area contributed by atoms with Crippen LogP contribution in [0, 0.1) is 0 Å². The molecule has 0 unspecified atom stereocenters. The van der Waals surface area contributed by atoms with Crippen molar-refractivity contribution in [3.8, 4) is 0 Å². The van der Waals surface area contributed by atoms with Crippen molar-refractivity contribution in [2.24, 2.45) is 0 Å². The van der Waals surface area contributed by atoms with E-state index in [0.29, 0.717) is 21.7 Å². The zero-order valence-corrected chi connectivity index (χ0v) is 6.77. The molecule has 62 valence electrons. The highest BCUT2D eigenvalue weighted by atomic mass is 35.5. The molecule has 0 amide bonds. The van der Waals surface area contributed by atoms with E-state index < -0.39 is 0 Å². The second-order valence-corrected chi connectivity index (χ2v) is 2.85. The minimum atomic E-state index is -0.280. The van der Waals surface area contributed by atoms with Gasteiger partial charge in [0.25, 0.3) is 0 Å². The fourth-order valence-electron chi connectivity index (χ4n) is 1.09. The van der Waals surface area contributed by atoms with E-state index in [2.05, 4.69) is 9.97 Å². The van der Waals surface area contributed by atoms with E-state index in [1.165, 1.54) is 0 Å². The van der Waals surface area contributed by atoms with Crippen molar-refractivity contribution in [2.75, 3.05) is 5.73 Å². The number of nitrogens with one attached hydrogen (secondary N) is 2. The van der Waals surface area contributed by atoms with E-state index in [-0.39, 0.29) is 5.69 Å². The van der Waals surface area contributed by atoms with Crippen LogP contribution >= 0.6 is 11.6 Å². The maximum absolute atomic E-state index is 10.8. The normalized spacial score (nSPS) is 10.8. The molecule has 5 heteroatoms. The lowest BCUT2D eigenvalue weighted by molar-refractivity contribution is 1.22. The van der Waals surface area contributed by atoms with Crippen molar-refractivity contribution in [3.05, 3.63) is 27.6 Å². The summed E-state index contributed by atoms with van der Waals surface area (Å²) in [6.07, 6.45) is 0. The molecule has 1 aromatic carbocycles. The van der Waals surface area contributed by atoms with E-state index in [4.69, 9.17) is 17.3 Å². The molecule has 1 aromatic heterocycles. The summed E-state index contributed by atoms with van der Waals surface area (Å²) in [6.45, 7) is 0. The summed E-state index contributed by atoms with van der Waals surface area (Å²) in [4.78, 5) is 16.0. The Labute approximate surface area is 72.3 Å². The third-order valence-corrected chi connectivity index (χ3v) is 2.07. The largest absolute Gasteiger partial charge is 0.397 e. The minimum Gasteiger partial charge on any atom is -0.397 e. The maximum Gasteiger partial charge on any atom is 0.323 e. The van der Waals surface area contributed by atoms with Gasteiger partial charge in [-0.2, -0.15) is 0 Å². The quantitative estimate of drug-likeness (QED) is 0.535. The molecule has 0 fully saturated rings. The monoisotopic (exact) mass is 183 g/mol. The van der Waals surface area contributed by atoms with Gasteiger partial charge in [-0.3, -0.25) is 0 Å². The predicted molar refractivity (Wildman–Crippen MR) is 48.3 cm³/mol. The standard InChI is InChI=1S/C7H6ClN3O/c8-5-3(9)1-2-4-6(5)11-7(12)10-4/h1-2H,9H2,(H2,10,11,12). The lowest BCUT2D eigenvalue weighted by atomic mass is 10.3. The van der Waals surface area contributed by atoms with Crippen LogP contribution in [0.15, 0.2) is 16.9 Å². The highest BCUT2D eigenvalue weighted by Gasteiger charge is 2.04. The Morgan fingerprint density at radius 2 is 2.08 bits per heavy atom. The summed E-state index contributed by atoms with van der Waals surface area (Å²) in [5.41, 5.74) is 6.93. The van der Waals surface area contributed by atoms with Gasteiger partial charge in [0, 0.05) is 0 Å².